The number of carbonyl (C=O) groups excluding carboxylic acids is 2. The fraction of sp³-hybridized carbons (Fsp3) is 0.579. The van der Waals surface area contributed by atoms with Gasteiger partial charge in [0.05, 0.1) is 13.1 Å². The van der Waals surface area contributed by atoms with Crippen molar-refractivity contribution in [2.45, 2.75) is 45.6 Å². The monoisotopic (exact) mass is 345 g/mol. The molecule has 2 unspecified atom stereocenters. The minimum absolute atomic E-state index is 0.121. The lowest BCUT2D eigenvalue weighted by Crippen LogP contribution is -2.33. The lowest BCUT2D eigenvalue weighted by atomic mass is 9.77. The molecule has 6 nitrogen and oxygen atoms in total. The van der Waals surface area contributed by atoms with Gasteiger partial charge in [0.2, 0.25) is 5.91 Å². The molecule has 0 saturated carbocycles. The highest BCUT2D eigenvalue weighted by Gasteiger charge is 2.36. The standard InChI is InChI=1S/C19H27N3O3/c1-12-7-15(8-13(2)17(12)19(4)5-6-20-11-19)22-10-16(25-18(22)24)9-21-14(3)23/h7-8,16,20H,5-6,9-11H2,1-4H3,(H,21,23). The van der Waals surface area contributed by atoms with E-state index in [1.165, 1.54) is 23.6 Å². The number of aryl methyl sites for hydroxylation is 2. The number of nitrogens with zero attached hydrogens (tertiary/aromatic N) is 1. The average molecular weight is 345 g/mol. The van der Waals surface area contributed by atoms with Crippen LogP contribution in [0.3, 0.4) is 0 Å². The largest absolute Gasteiger partial charge is 0.442 e. The Hall–Kier alpha value is -2.08. The zero-order valence-corrected chi connectivity index (χ0v) is 15.4. The second-order valence-corrected chi connectivity index (χ2v) is 7.50. The Balaban J connectivity index is 1.82. The molecule has 2 heterocycles. The molecule has 2 aliphatic heterocycles. The maximum absolute atomic E-state index is 12.2. The number of benzene rings is 1. The Morgan fingerprint density at radius 2 is 2.08 bits per heavy atom. The minimum Gasteiger partial charge on any atom is -0.442 e. The molecule has 0 bridgehead atoms. The SMILES string of the molecule is CC(=O)NCC1CN(c2cc(C)c(C3(C)CCNC3)c(C)c2)C(=O)O1. The lowest BCUT2D eigenvalue weighted by molar-refractivity contribution is -0.119. The van der Waals surface area contributed by atoms with E-state index in [4.69, 9.17) is 4.74 Å². The summed E-state index contributed by atoms with van der Waals surface area (Å²) in [5.41, 5.74) is 4.80. The van der Waals surface area contributed by atoms with Gasteiger partial charge in [-0.2, -0.15) is 0 Å². The highest BCUT2D eigenvalue weighted by Crippen LogP contribution is 2.37. The maximum Gasteiger partial charge on any atom is 0.414 e. The number of nitrogens with one attached hydrogen (secondary N) is 2. The summed E-state index contributed by atoms with van der Waals surface area (Å²) in [6.07, 6.45) is 0.461. The van der Waals surface area contributed by atoms with E-state index in [0.29, 0.717) is 13.1 Å². The number of rotatable bonds is 4. The first-order chi connectivity index (χ1) is 11.8. The summed E-state index contributed by atoms with van der Waals surface area (Å²) in [5.74, 6) is -0.121. The van der Waals surface area contributed by atoms with E-state index in [2.05, 4.69) is 43.5 Å². The summed E-state index contributed by atoms with van der Waals surface area (Å²) in [6.45, 7) is 10.8. The van der Waals surface area contributed by atoms with Gasteiger partial charge in [0.15, 0.2) is 0 Å². The van der Waals surface area contributed by atoms with Gasteiger partial charge in [-0.25, -0.2) is 4.79 Å². The summed E-state index contributed by atoms with van der Waals surface area (Å²) >= 11 is 0. The molecule has 0 aromatic heterocycles. The van der Waals surface area contributed by atoms with Gasteiger partial charge in [0.1, 0.15) is 6.10 Å². The summed E-state index contributed by atoms with van der Waals surface area (Å²) in [6, 6.07) is 4.15. The third kappa shape index (κ3) is 3.49. The van der Waals surface area contributed by atoms with Crippen molar-refractivity contribution in [3.63, 3.8) is 0 Å². The molecule has 6 heteroatoms. The van der Waals surface area contributed by atoms with Crippen LogP contribution in [0.5, 0.6) is 0 Å². The fourth-order valence-electron chi connectivity index (χ4n) is 4.18. The predicted molar refractivity (Wildman–Crippen MR) is 97.1 cm³/mol. The molecule has 2 saturated heterocycles. The van der Waals surface area contributed by atoms with E-state index in [9.17, 15) is 9.59 Å². The molecule has 2 atom stereocenters. The molecule has 136 valence electrons. The van der Waals surface area contributed by atoms with Gasteiger partial charge in [-0.3, -0.25) is 9.69 Å². The van der Waals surface area contributed by atoms with Crippen LogP contribution in [0.25, 0.3) is 0 Å². The summed E-state index contributed by atoms with van der Waals surface area (Å²) in [4.78, 5) is 24.9. The van der Waals surface area contributed by atoms with Gasteiger partial charge >= 0.3 is 6.09 Å². The summed E-state index contributed by atoms with van der Waals surface area (Å²) in [7, 11) is 0. The molecule has 2 fully saturated rings. The van der Waals surface area contributed by atoms with E-state index >= 15 is 0 Å². The van der Waals surface area contributed by atoms with Gasteiger partial charge in [0, 0.05) is 24.6 Å². The third-order valence-corrected chi connectivity index (χ3v) is 5.25. The fourth-order valence-corrected chi connectivity index (χ4v) is 4.18. The number of hydrogen-bond acceptors (Lipinski definition) is 4. The Bertz CT molecular complexity index is 672. The molecule has 25 heavy (non-hydrogen) atoms. The van der Waals surface area contributed by atoms with Crippen molar-refractivity contribution in [2.24, 2.45) is 0 Å². The molecule has 2 aliphatic rings. The number of ether oxygens (including phenoxy) is 1. The van der Waals surface area contributed by atoms with Crippen molar-refractivity contribution in [3.05, 3.63) is 28.8 Å². The van der Waals surface area contributed by atoms with E-state index in [-0.39, 0.29) is 23.5 Å². The first-order valence-electron chi connectivity index (χ1n) is 8.85. The van der Waals surface area contributed by atoms with Gasteiger partial charge in [-0.15, -0.1) is 0 Å². The van der Waals surface area contributed by atoms with Crippen LogP contribution in [-0.2, 0) is 14.9 Å². The topological polar surface area (TPSA) is 70.7 Å². The van der Waals surface area contributed by atoms with Crippen LogP contribution in [-0.4, -0.2) is 44.3 Å². The Morgan fingerprint density at radius 1 is 1.40 bits per heavy atom. The second-order valence-electron chi connectivity index (χ2n) is 7.50. The van der Waals surface area contributed by atoms with Crippen LogP contribution in [0.4, 0.5) is 10.5 Å². The highest BCUT2D eigenvalue weighted by atomic mass is 16.6. The maximum atomic E-state index is 12.2. The molecule has 1 aromatic rings. The third-order valence-electron chi connectivity index (χ3n) is 5.25. The molecular weight excluding hydrogens is 318 g/mol. The molecule has 3 rings (SSSR count). The number of carbonyl (C=O) groups is 2. The van der Waals surface area contributed by atoms with Gasteiger partial charge in [-0.1, -0.05) is 6.92 Å². The first kappa shape index (κ1) is 17.7. The molecule has 1 aromatic carbocycles. The molecule has 0 radical (unpaired) electrons. The molecule has 0 spiro atoms. The Kier molecular flexibility index (Phi) is 4.73. The molecule has 2 N–H and O–H groups in total. The normalized spacial score (nSPS) is 26.0. The van der Waals surface area contributed by atoms with Crippen LogP contribution in [0.1, 0.15) is 37.0 Å². The predicted octanol–water partition coefficient (Wildman–Crippen LogP) is 2.02. The number of anilines is 1. The van der Waals surface area contributed by atoms with Crippen molar-refractivity contribution in [1.82, 2.24) is 10.6 Å². The quantitative estimate of drug-likeness (QED) is 0.876. The van der Waals surface area contributed by atoms with Crippen LogP contribution < -0.4 is 15.5 Å². The van der Waals surface area contributed by atoms with Crippen molar-refractivity contribution >= 4 is 17.7 Å². The molecule has 0 aliphatic carbocycles. The summed E-state index contributed by atoms with van der Waals surface area (Å²) in [5, 5.41) is 6.16. The molecule has 2 amide bonds. The van der Waals surface area contributed by atoms with E-state index in [1.54, 1.807) is 4.90 Å². The van der Waals surface area contributed by atoms with Crippen molar-refractivity contribution in [1.29, 1.82) is 0 Å². The Labute approximate surface area is 148 Å². The zero-order chi connectivity index (χ0) is 18.2. The van der Waals surface area contributed by atoms with Crippen LogP contribution in [0.15, 0.2) is 12.1 Å². The smallest absolute Gasteiger partial charge is 0.414 e. The van der Waals surface area contributed by atoms with Gasteiger partial charge in [-0.05, 0) is 55.6 Å². The average Bonchev–Trinajstić information content (AvgIpc) is 3.11. The van der Waals surface area contributed by atoms with E-state index in [0.717, 1.165) is 25.2 Å². The number of hydrogen-bond donors (Lipinski definition) is 2. The van der Waals surface area contributed by atoms with Crippen molar-refractivity contribution in [2.75, 3.05) is 31.1 Å². The number of cyclic esters (lactones) is 1. The Morgan fingerprint density at radius 3 is 2.64 bits per heavy atom. The second kappa shape index (κ2) is 6.67. The number of amides is 2. The first-order valence-corrected chi connectivity index (χ1v) is 8.85. The van der Waals surface area contributed by atoms with Crippen LogP contribution in [0.2, 0.25) is 0 Å². The lowest BCUT2D eigenvalue weighted by Gasteiger charge is -2.29. The highest BCUT2D eigenvalue weighted by molar-refractivity contribution is 5.90. The van der Waals surface area contributed by atoms with Crippen molar-refractivity contribution in [3.8, 4) is 0 Å². The van der Waals surface area contributed by atoms with Gasteiger partial charge in [0.25, 0.3) is 0 Å². The van der Waals surface area contributed by atoms with Gasteiger partial charge < -0.3 is 15.4 Å². The van der Waals surface area contributed by atoms with E-state index < -0.39 is 0 Å². The molecular formula is C19H27N3O3. The van der Waals surface area contributed by atoms with Crippen LogP contribution in [0, 0.1) is 13.8 Å². The van der Waals surface area contributed by atoms with E-state index in [1.807, 2.05) is 0 Å². The van der Waals surface area contributed by atoms with Crippen molar-refractivity contribution < 1.29 is 14.3 Å². The zero-order valence-electron chi connectivity index (χ0n) is 15.4. The van der Waals surface area contributed by atoms with Crippen LogP contribution >= 0.6 is 0 Å². The summed E-state index contributed by atoms with van der Waals surface area (Å²) < 4.78 is 5.37. The minimum atomic E-state index is -0.351.